The maximum Gasteiger partial charge on any atom is 0.275 e. The number of piperazine rings is 1. The second-order valence-electron chi connectivity index (χ2n) is 5.67. The van der Waals surface area contributed by atoms with Gasteiger partial charge < -0.3 is 9.80 Å². The third-order valence-electron chi connectivity index (χ3n) is 4.19. The van der Waals surface area contributed by atoms with Crippen molar-refractivity contribution in [3.05, 3.63) is 28.8 Å². The molecule has 0 radical (unpaired) electrons. The first-order chi connectivity index (χ1) is 11.0. The third-order valence-corrected chi connectivity index (χ3v) is 5.23. The van der Waals surface area contributed by atoms with Crippen molar-refractivity contribution in [1.29, 1.82) is 0 Å². The smallest absolute Gasteiger partial charge is 0.275 e. The maximum atomic E-state index is 12.7. The fraction of sp³-hybridized carbons (Fsp3) is 0.438. The highest BCUT2D eigenvalue weighted by Gasteiger charge is 2.34. The summed E-state index contributed by atoms with van der Waals surface area (Å²) in [5.41, 5.74) is 1.19. The first kappa shape index (κ1) is 15.7. The molecule has 3 rings (SSSR count). The molecule has 1 aliphatic heterocycles. The lowest BCUT2D eigenvalue weighted by Gasteiger charge is -2.38. The Balaban J connectivity index is 1.79. The molecule has 1 N–H and O–H groups in total. The van der Waals surface area contributed by atoms with Gasteiger partial charge in [-0.3, -0.25) is 14.7 Å². The standard InChI is InChI=1S/C16H20N4O2S/c1-4-19-7-8-20(11(3)15(19)21)16(22)13-9-12(17-18-13)14-6-5-10(2)23-14/h5-6,9,11H,4,7-8H2,1-3H3,(H,17,18). The van der Waals surface area contributed by atoms with Crippen LogP contribution in [0.1, 0.15) is 29.2 Å². The van der Waals surface area contributed by atoms with E-state index in [-0.39, 0.29) is 11.8 Å². The number of nitrogens with zero attached hydrogens (tertiary/aromatic N) is 3. The molecule has 1 aliphatic rings. The highest BCUT2D eigenvalue weighted by atomic mass is 32.1. The SMILES string of the molecule is CCN1CCN(C(=O)c2cc(-c3ccc(C)s3)[nH]n2)C(C)C1=O. The van der Waals surface area contributed by atoms with Gasteiger partial charge in [-0.05, 0) is 39.0 Å². The van der Waals surface area contributed by atoms with E-state index in [0.717, 1.165) is 10.6 Å². The summed E-state index contributed by atoms with van der Waals surface area (Å²) >= 11 is 1.65. The summed E-state index contributed by atoms with van der Waals surface area (Å²) in [7, 11) is 0. The maximum absolute atomic E-state index is 12.7. The van der Waals surface area contributed by atoms with Crippen LogP contribution >= 0.6 is 11.3 Å². The van der Waals surface area contributed by atoms with Crippen LogP contribution in [0.3, 0.4) is 0 Å². The number of hydrogen-bond donors (Lipinski definition) is 1. The minimum absolute atomic E-state index is 0.00302. The van der Waals surface area contributed by atoms with Gasteiger partial charge in [-0.25, -0.2) is 0 Å². The summed E-state index contributed by atoms with van der Waals surface area (Å²) in [4.78, 5) is 30.6. The molecule has 23 heavy (non-hydrogen) atoms. The van der Waals surface area contributed by atoms with Crippen LogP contribution < -0.4 is 0 Å². The van der Waals surface area contributed by atoms with Gasteiger partial charge in [-0.2, -0.15) is 5.10 Å². The number of nitrogens with one attached hydrogen (secondary N) is 1. The van der Waals surface area contributed by atoms with E-state index in [1.54, 1.807) is 34.1 Å². The molecule has 0 saturated carbocycles. The minimum atomic E-state index is -0.444. The molecule has 1 saturated heterocycles. The number of amides is 2. The lowest BCUT2D eigenvalue weighted by atomic mass is 10.1. The van der Waals surface area contributed by atoms with Crippen LogP contribution in [0.25, 0.3) is 10.6 Å². The Morgan fingerprint density at radius 2 is 2.22 bits per heavy atom. The molecular formula is C16H20N4O2S. The summed E-state index contributed by atoms with van der Waals surface area (Å²) in [6.45, 7) is 7.56. The summed E-state index contributed by atoms with van der Waals surface area (Å²) in [5.74, 6) is -0.200. The van der Waals surface area contributed by atoms with E-state index in [1.807, 2.05) is 26.0 Å². The van der Waals surface area contributed by atoms with Gasteiger partial charge >= 0.3 is 0 Å². The molecule has 0 aromatic carbocycles. The largest absolute Gasteiger partial charge is 0.339 e. The van der Waals surface area contributed by atoms with Crippen molar-refractivity contribution < 1.29 is 9.59 Å². The molecule has 122 valence electrons. The molecule has 2 aromatic heterocycles. The number of thiophene rings is 1. The normalized spacial score (nSPS) is 18.6. The Morgan fingerprint density at radius 3 is 2.87 bits per heavy atom. The van der Waals surface area contributed by atoms with Crippen LogP contribution in [0.5, 0.6) is 0 Å². The lowest BCUT2D eigenvalue weighted by Crippen LogP contribution is -2.57. The van der Waals surface area contributed by atoms with Crippen molar-refractivity contribution in [1.82, 2.24) is 20.0 Å². The predicted molar refractivity (Wildman–Crippen MR) is 89.4 cm³/mol. The van der Waals surface area contributed by atoms with E-state index in [0.29, 0.717) is 25.3 Å². The molecule has 3 heterocycles. The van der Waals surface area contributed by atoms with Crippen LogP contribution in [0, 0.1) is 6.92 Å². The van der Waals surface area contributed by atoms with Gasteiger partial charge in [0.1, 0.15) is 6.04 Å². The van der Waals surface area contributed by atoms with Crippen molar-refractivity contribution in [2.75, 3.05) is 19.6 Å². The third kappa shape index (κ3) is 2.88. The molecule has 2 aromatic rings. The highest BCUT2D eigenvalue weighted by Crippen LogP contribution is 2.27. The van der Waals surface area contributed by atoms with Crippen LogP contribution in [0.2, 0.25) is 0 Å². The van der Waals surface area contributed by atoms with Gasteiger partial charge in [-0.15, -0.1) is 11.3 Å². The average molecular weight is 332 g/mol. The van der Waals surface area contributed by atoms with E-state index >= 15 is 0 Å². The average Bonchev–Trinajstić information content (AvgIpc) is 3.18. The van der Waals surface area contributed by atoms with Gasteiger partial charge in [0.05, 0.1) is 10.6 Å². The van der Waals surface area contributed by atoms with Gasteiger partial charge in [0.2, 0.25) is 5.91 Å². The Hall–Kier alpha value is -2.15. The number of aromatic amines is 1. The second kappa shape index (κ2) is 6.16. The first-order valence-electron chi connectivity index (χ1n) is 7.73. The van der Waals surface area contributed by atoms with Crippen LogP contribution in [0.4, 0.5) is 0 Å². The zero-order valence-corrected chi connectivity index (χ0v) is 14.3. The summed E-state index contributed by atoms with van der Waals surface area (Å²) in [6, 6.07) is 5.36. The van der Waals surface area contributed by atoms with Gasteiger partial charge in [0, 0.05) is 24.5 Å². The first-order valence-corrected chi connectivity index (χ1v) is 8.55. The molecule has 1 atom stereocenters. The summed E-state index contributed by atoms with van der Waals surface area (Å²) < 4.78 is 0. The Bertz CT molecular complexity index is 736. The zero-order valence-electron chi connectivity index (χ0n) is 13.5. The number of H-pyrrole nitrogens is 1. The summed E-state index contributed by atoms with van der Waals surface area (Å²) in [6.07, 6.45) is 0. The Labute approximate surface area is 139 Å². The molecular weight excluding hydrogens is 312 g/mol. The minimum Gasteiger partial charge on any atom is -0.339 e. The van der Waals surface area contributed by atoms with Crippen molar-refractivity contribution in [3.63, 3.8) is 0 Å². The number of carbonyl (C=O) groups excluding carboxylic acids is 2. The van der Waals surface area contributed by atoms with Crippen molar-refractivity contribution in [2.24, 2.45) is 0 Å². The molecule has 1 unspecified atom stereocenters. The monoisotopic (exact) mass is 332 g/mol. The van der Waals surface area contributed by atoms with E-state index in [2.05, 4.69) is 10.2 Å². The quantitative estimate of drug-likeness (QED) is 0.936. The van der Waals surface area contributed by atoms with Gasteiger partial charge in [0.25, 0.3) is 5.91 Å². The van der Waals surface area contributed by atoms with Crippen molar-refractivity contribution >= 4 is 23.2 Å². The number of hydrogen-bond acceptors (Lipinski definition) is 4. The fourth-order valence-electron chi connectivity index (χ4n) is 2.81. The fourth-order valence-corrected chi connectivity index (χ4v) is 3.64. The van der Waals surface area contributed by atoms with Gasteiger partial charge in [0.15, 0.2) is 5.69 Å². The Kier molecular flexibility index (Phi) is 4.21. The van der Waals surface area contributed by atoms with E-state index < -0.39 is 6.04 Å². The number of rotatable bonds is 3. The number of aryl methyl sites for hydroxylation is 1. The van der Waals surface area contributed by atoms with E-state index in [1.165, 1.54) is 4.88 Å². The molecule has 6 nitrogen and oxygen atoms in total. The van der Waals surface area contributed by atoms with E-state index in [4.69, 9.17) is 0 Å². The summed E-state index contributed by atoms with van der Waals surface area (Å²) in [5, 5.41) is 7.06. The number of likely N-dealkylation sites (N-methyl/N-ethyl adjacent to an activating group) is 1. The molecule has 0 aliphatic carbocycles. The lowest BCUT2D eigenvalue weighted by molar-refractivity contribution is -0.139. The van der Waals surface area contributed by atoms with Crippen molar-refractivity contribution in [3.8, 4) is 10.6 Å². The zero-order chi connectivity index (χ0) is 16.6. The highest BCUT2D eigenvalue weighted by molar-refractivity contribution is 7.15. The van der Waals surface area contributed by atoms with E-state index in [9.17, 15) is 9.59 Å². The van der Waals surface area contributed by atoms with Crippen LogP contribution in [-0.2, 0) is 4.79 Å². The molecule has 7 heteroatoms. The number of aromatic nitrogens is 2. The van der Waals surface area contributed by atoms with Crippen LogP contribution in [-0.4, -0.2) is 57.5 Å². The molecule has 1 fully saturated rings. The van der Waals surface area contributed by atoms with Crippen molar-refractivity contribution in [2.45, 2.75) is 26.8 Å². The molecule has 0 bridgehead atoms. The topological polar surface area (TPSA) is 69.3 Å². The predicted octanol–water partition coefficient (Wildman–Crippen LogP) is 2.14. The van der Waals surface area contributed by atoms with Crippen LogP contribution in [0.15, 0.2) is 18.2 Å². The Morgan fingerprint density at radius 1 is 1.43 bits per heavy atom. The molecule has 0 spiro atoms. The number of carbonyl (C=O) groups is 2. The van der Waals surface area contributed by atoms with Gasteiger partial charge in [-0.1, -0.05) is 0 Å². The molecule has 2 amide bonds. The second-order valence-corrected chi connectivity index (χ2v) is 6.96.